The summed E-state index contributed by atoms with van der Waals surface area (Å²) in [5.41, 5.74) is 5.63. The average Bonchev–Trinajstić information content (AvgIpc) is 2.84. The zero-order chi connectivity index (χ0) is 27.5. The first kappa shape index (κ1) is 30.0. The SMILES string of the molecule is C=C(/N=C(\ON)c1cc(C)nc(CC(C)C)c1)c1cc(C)c(OC[C@@H](O)CNC(=O)CO)c(CCC)c1. The molecule has 0 fully saturated rings. The largest absolute Gasteiger partial charge is 0.490 e. The van der Waals surface area contributed by atoms with Crippen LogP contribution in [0.3, 0.4) is 0 Å². The maximum Gasteiger partial charge on any atom is 0.245 e. The minimum Gasteiger partial charge on any atom is -0.490 e. The van der Waals surface area contributed by atoms with E-state index in [0.29, 0.717) is 17.4 Å². The van der Waals surface area contributed by atoms with Crippen LogP contribution >= 0.6 is 0 Å². The van der Waals surface area contributed by atoms with Crippen molar-refractivity contribution in [1.82, 2.24) is 10.3 Å². The molecule has 0 spiro atoms. The van der Waals surface area contributed by atoms with Gasteiger partial charge < -0.3 is 25.1 Å². The lowest BCUT2D eigenvalue weighted by Crippen LogP contribution is -2.36. The molecule has 9 heteroatoms. The lowest BCUT2D eigenvalue weighted by Gasteiger charge is -2.18. The van der Waals surface area contributed by atoms with Gasteiger partial charge in [-0.25, -0.2) is 4.99 Å². The molecule has 1 atom stereocenters. The average molecular weight is 513 g/mol. The number of nitrogens with two attached hydrogens (primary N) is 1. The summed E-state index contributed by atoms with van der Waals surface area (Å²) in [6.07, 6.45) is 1.55. The highest BCUT2D eigenvalue weighted by atomic mass is 16.6. The van der Waals surface area contributed by atoms with E-state index in [1.807, 2.05) is 38.1 Å². The Balaban J connectivity index is 2.29. The Morgan fingerprint density at radius 2 is 1.95 bits per heavy atom. The number of amides is 1. The van der Waals surface area contributed by atoms with Crippen molar-refractivity contribution in [2.75, 3.05) is 19.8 Å². The van der Waals surface area contributed by atoms with E-state index in [9.17, 15) is 9.90 Å². The van der Waals surface area contributed by atoms with Crippen LogP contribution in [0, 0.1) is 19.8 Å². The van der Waals surface area contributed by atoms with Crippen LogP contribution in [0.5, 0.6) is 5.75 Å². The molecular weight excluding hydrogens is 472 g/mol. The molecule has 2 aromatic rings. The number of nitrogens with zero attached hydrogens (tertiary/aromatic N) is 2. The Kier molecular flexibility index (Phi) is 11.7. The first-order valence-corrected chi connectivity index (χ1v) is 12.5. The van der Waals surface area contributed by atoms with Gasteiger partial charge in [-0.2, -0.15) is 5.90 Å². The van der Waals surface area contributed by atoms with E-state index < -0.39 is 18.6 Å². The normalized spacial score (nSPS) is 12.4. The number of pyridine rings is 1. The number of aryl methyl sites for hydroxylation is 3. The van der Waals surface area contributed by atoms with E-state index in [2.05, 4.69) is 42.6 Å². The summed E-state index contributed by atoms with van der Waals surface area (Å²) in [6, 6.07) is 7.69. The minimum atomic E-state index is -0.919. The second-order valence-electron chi connectivity index (χ2n) is 9.53. The van der Waals surface area contributed by atoms with Gasteiger partial charge in [0.05, 0.1) is 5.70 Å². The van der Waals surface area contributed by atoms with Crippen LogP contribution in [0.15, 0.2) is 35.8 Å². The molecule has 37 heavy (non-hydrogen) atoms. The fourth-order valence-electron chi connectivity index (χ4n) is 3.93. The molecule has 1 aromatic heterocycles. The summed E-state index contributed by atoms with van der Waals surface area (Å²) < 4.78 is 5.93. The fourth-order valence-corrected chi connectivity index (χ4v) is 3.93. The summed E-state index contributed by atoms with van der Waals surface area (Å²) in [7, 11) is 0. The number of aliphatic hydroxyl groups is 2. The molecule has 9 nitrogen and oxygen atoms in total. The Morgan fingerprint density at radius 1 is 1.22 bits per heavy atom. The molecule has 0 aliphatic carbocycles. The van der Waals surface area contributed by atoms with E-state index in [1.54, 1.807) is 0 Å². The molecule has 1 heterocycles. The number of nitrogens with one attached hydrogen (secondary N) is 1. The standard InChI is InChI=1S/C28H40N4O5/c1-7-8-21-12-22(10-18(4)27(21)36-16-25(34)14-30-26(35)15-33)20(6)32-28(37-29)23-11-19(5)31-24(13-23)9-17(2)3/h10-13,17,25,33-34H,6-9,14-16,29H2,1-5H3,(H,30,35)/b32-28-/t25-/m0/s1. The Bertz CT molecular complexity index is 1110. The van der Waals surface area contributed by atoms with Crippen molar-refractivity contribution in [3.8, 4) is 5.75 Å². The van der Waals surface area contributed by atoms with Gasteiger partial charge >= 0.3 is 0 Å². The maximum absolute atomic E-state index is 11.2. The predicted octanol–water partition coefficient (Wildman–Crippen LogP) is 3.01. The number of hydrogen-bond donors (Lipinski definition) is 4. The fraction of sp³-hybridized carbons (Fsp3) is 0.464. The molecule has 0 aliphatic rings. The summed E-state index contributed by atoms with van der Waals surface area (Å²) in [4.78, 5) is 25.5. The van der Waals surface area contributed by atoms with E-state index in [1.165, 1.54) is 0 Å². The smallest absolute Gasteiger partial charge is 0.245 e. The van der Waals surface area contributed by atoms with Crippen LogP contribution in [0.2, 0.25) is 0 Å². The number of hydrogen-bond acceptors (Lipinski definition) is 8. The monoisotopic (exact) mass is 512 g/mol. The van der Waals surface area contributed by atoms with Crippen molar-refractivity contribution in [3.63, 3.8) is 0 Å². The van der Waals surface area contributed by atoms with Gasteiger partial charge in [-0.15, -0.1) is 0 Å². The number of benzene rings is 1. The van der Waals surface area contributed by atoms with Gasteiger partial charge in [0.2, 0.25) is 11.8 Å². The van der Waals surface area contributed by atoms with Crippen LogP contribution in [0.25, 0.3) is 5.70 Å². The van der Waals surface area contributed by atoms with Crippen molar-refractivity contribution >= 4 is 17.5 Å². The quantitative estimate of drug-likeness (QED) is 0.184. The number of rotatable bonds is 13. The van der Waals surface area contributed by atoms with Gasteiger partial charge in [-0.05, 0) is 68.0 Å². The second kappa shape index (κ2) is 14.5. The third-order valence-corrected chi connectivity index (χ3v) is 5.52. The van der Waals surface area contributed by atoms with E-state index in [-0.39, 0.29) is 19.0 Å². The molecule has 0 radical (unpaired) electrons. The first-order valence-electron chi connectivity index (χ1n) is 12.5. The summed E-state index contributed by atoms with van der Waals surface area (Å²) in [5, 5.41) is 21.4. The Labute approximate surface area is 219 Å². The number of aliphatic hydroxyl groups excluding tert-OH is 2. The van der Waals surface area contributed by atoms with Gasteiger partial charge in [-0.1, -0.05) is 33.8 Å². The van der Waals surface area contributed by atoms with Gasteiger partial charge in [0.1, 0.15) is 25.1 Å². The summed E-state index contributed by atoms with van der Waals surface area (Å²) >= 11 is 0. The van der Waals surface area contributed by atoms with Crippen molar-refractivity contribution in [3.05, 3.63) is 64.5 Å². The molecule has 0 saturated heterocycles. The summed E-state index contributed by atoms with van der Waals surface area (Å²) in [6.45, 7) is 13.7. The second-order valence-corrected chi connectivity index (χ2v) is 9.53. The van der Waals surface area contributed by atoms with E-state index >= 15 is 0 Å². The molecule has 0 saturated carbocycles. The minimum absolute atomic E-state index is 0.00697. The highest BCUT2D eigenvalue weighted by molar-refractivity contribution is 5.97. The van der Waals surface area contributed by atoms with Gasteiger partial charge in [0.25, 0.3) is 0 Å². The number of aliphatic imine (C=N–C) groups is 1. The molecule has 0 aliphatic heterocycles. The van der Waals surface area contributed by atoms with Gasteiger partial charge in [0.15, 0.2) is 0 Å². The van der Waals surface area contributed by atoms with E-state index in [0.717, 1.165) is 52.9 Å². The molecule has 1 amide bonds. The lowest BCUT2D eigenvalue weighted by molar-refractivity contribution is -0.124. The topological polar surface area (TPSA) is 139 Å². The number of aromatic nitrogens is 1. The molecule has 202 valence electrons. The molecule has 0 unspecified atom stereocenters. The zero-order valence-corrected chi connectivity index (χ0v) is 22.5. The van der Waals surface area contributed by atoms with Crippen molar-refractivity contribution in [1.29, 1.82) is 0 Å². The Morgan fingerprint density at radius 3 is 2.57 bits per heavy atom. The molecule has 5 N–H and O–H groups in total. The Hall–Kier alpha value is -3.27. The van der Waals surface area contributed by atoms with Crippen LogP contribution in [0.4, 0.5) is 0 Å². The maximum atomic E-state index is 11.2. The molecular formula is C28H40N4O5. The molecule has 1 aromatic carbocycles. The van der Waals surface area contributed by atoms with Crippen LogP contribution in [-0.4, -0.2) is 52.9 Å². The molecule has 0 bridgehead atoms. The number of carbonyl (C=O) groups is 1. The van der Waals surface area contributed by atoms with Crippen molar-refractivity contribution < 1.29 is 24.6 Å². The predicted molar refractivity (Wildman–Crippen MR) is 145 cm³/mol. The molecule has 2 rings (SSSR count). The highest BCUT2D eigenvalue weighted by Gasteiger charge is 2.15. The highest BCUT2D eigenvalue weighted by Crippen LogP contribution is 2.30. The van der Waals surface area contributed by atoms with E-state index in [4.69, 9.17) is 20.6 Å². The van der Waals surface area contributed by atoms with Crippen LogP contribution < -0.4 is 16.0 Å². The first-order chi connectivity index (χ1) is 17.6. The summed E-state index contributed by atoms with van der Waals surface area (Å²) in [5.74, 6) is 6.44. The third-order valence-electron chi connectivity index (χ3n) is 5.52. The third kappa shape index (κ3) is 9.27. The van der Waals surface area contributed by atoms with Gasteiger partial charge in [-0.3, -0.25) is 9.78 Å². The van der Waals surface area contributed by atoms with Crippen LogP contribution in [0.1, 0.15) is 60.8 Å². The van der Waals surface area contributed by atoms with Gasteiger partial charge in [0, 0.05) is 29.1 Å². The van der Waals surface area contributed by atoms with Crippen molar-refractivity contribution in [2.24, 2.45) is 16.8 Å². The lowest BCUT2D eigenvalue weighted by atomic mass is 10.00. The van der Waals surface area contributed by atoms with Crippen LogP contribution in [-0.2, 0) is 22.5 Å². The van der Waals surface area contributed by atoms with Crippen molar-refractivity contribution in [2.45, 2.75) is 60.0 Å². The zero-order valence-electron chi connectivity index (χ0n) is 22.5. The number of carbonyl (C=O) groups excluding carboxylic acids is 1. The number of ether oxygens (including phenoxy) is 1.